The molecule has 1 aromatic carbocycles. The molecule has 0 aromatic heterocycles. The Morgan fingerprint density at radius 2 is 2.08 bits per heavy atom. The van der Waals surface area contributed by atoms with E-state index in [0.717, 1.165) is 0 Å². The van der Waals surface area contributed by atoms with Crippen molar-refractivity contribution in [3.63, 3.8) is 0 Å². The SMILES string of the molecule is CC(N)C(O)c1cc(F)cc(Br)c1. The second kappa shape index (κ2) is 4.17. The Balaban J connectivity index is 3.01. The molecule has 0 radical (unpaired) electrons. The first-order valence-corrected chi connectivity index (χ1v) is 4.69. The van der Waals surface area contributed by atoms with Gasteiger partial charge in [-0.25, -0.2) is 4.39 Å². The van der Waals surface area contributed by atoms with E-state index in [4.69, 9.17) is 5.73 Å². The summed E-state index contributed by atoms with van der Waals surface area (Å²) in [6.45, 7) is 1.67. The second-order valence-corrected chi connectivity index (χ2v) is 3.92. The number of hydrogen-bond donors (Lipinski definition) is 2. The summed E-state index contributed by atoms with van der Waals surface area (Å²) in [5, 5.41) is 9.53. The third-order valence-electron chi connectivity index (χ3n) is 1.72. The van der Waals surface area contributed by atoms with Gasteiger partial charge in [0.2, 0.25) is 0 Å². The average molecular weight is 248 g/mol. The molecule has 0 bridgehead atoms. The smallest absolute Gasteiger partial charge is 0.124 e. The first-order chi connectivity index (χ1) is 6.00. The van der Waals surface area contributed by atoms with Gasteiger partial charge in [-0.15, -0.1) is 0 Å². The molecule has 0 aliphatic rings. The average Bonchev–Trinajstić information content (AvgIpc) is 2.01. The van der Waals surface area contributed by atoms with Gasteiger partial charge in [-0.2, -0.15) is 0 Å². The van der Waals surface area contributed by atoms with Crippen LogP contribution in [0.5, 0.6) is 0 Å². The summed E-state index contributed by atoms with van der Waals surface area (Å²) in [5.41, 5.74) is 5.97. The van der Waals surface area contributed by atoms with Gasteiger partial charge < -0.3 is 10.8 Å². The molecular formula is C9H11BrFNO. The minimum absolute atomic E-state index is 0.385. The number of benzene rings is 1. The number of aliphatic hydroxyl groups is 1. The molecule has 1 rings (SSSR count). The molecule has 3 N–H and O–H groups in total. The van der Waals surface area contributed by atoms with Crippen LogP contribution in [0.2, 0.25) is 0 Å². The summed E-state index contributed by atoms with van der Waals surface area (Å²) in [6, 6.07) is 3.85. The van der Waals surface area contributed by atoms with Crippen molar-refractivity contribution in [3.8, 4) is 0 Å². The lowest BCUT2D eigenvalue weighted by atomic mass is 10.0. The van der Waals surface area contributed by atoms with E-state index >= 15 is 0 Å². The first kappa shape index (κ1) is 10.6. The van der Waals surface area contributed by atoms with E-state index < -0.39 is 12.1 Å². The van der Waals surface area contributed by atoms with Crippen molar-refractivity contribution in [1.29, 1.82) is 0 Å². The van der Waals surface area contributed by atoms with E-state index in [1.165, 1.54) is 12.1 Å². The molecular weight excluding hydrogens is 237 g/mol. The maximum atomic E-state index is 12.9. The molecule has 0 aliphatic heterocycles. The van der Waals surface area contributed by atoms with Crippen LogP contribution in [0.4, 0.5) is 4.39 Å². The van der Waals surface area contributed by atoms with Crippen molar-refractivity contribution >= 4 is 15.9 Å². The number of aliphatic hydroxyl groups excluding tert-OH is 1. The maximum Gasteiger partial charge on any atom is 0.124 e. The largest absolute Gasteiger partial charge is 0.387 e. The van der Waals surface area contributed by atoms with E-state index in [1.54, 1.807) is 13.0 Å². The minimum atomic E-state index is -0.827. The molecule has 0 amide bonds. The summed E-state index contributed by atoms with van der Waals surface area (Å²) >= 11 is 3.14. The van der Waals surface area contributed by atoms with Crippen LogP contribution in [0, 0.1) is 5.82 Å². The van der Waals surface area contributed by atoms with Crippen LogP contribution in [0.25, 0.3) is 0 Å². The first-order valence-electron chi connectivity index (χ1n) is 3.90. The van der Waals surface area contributed by atoms with Crippen molar-refractivity contribution in [1.82, 2.24) is 0 Å². The fraction of sp³-hybridized carbons (Fsp3) is 0.333. The zero-order valence-corrected chi connectivity index (χ0v) is 8.75. The van der Waals surface area contributed by atoms with Crippen LogP contribution in [0.3, 0.4) is 0 Å². The summed E-state index contributed by atoms with van der Waals surface area (Å²) in [7, 11) is 0. The van der Waals surface area contributed by atoms with Crippen molar-refractivity contribution < 1.29 is 9.50 Å². The molecule has 2 nitrogen and oxygen atoms in total. The van der Waals surface area contributed by atoms with Gasteiger partial charge in [0.15, 0.2) is 0 Å². The Bertz CT molecular complexity index is 283. The lowest BCUT2D eigenvalue weighted by Crippen LogP contribution is -2.24. The van der Waals surface area contributed by atoms with Gasteiger partial charge in [-0.3, -0.25) is 0 Å². The van der Waals surface area contributed by atoms with Crippen molar-refractivity contribution in [2.24, 2.45) is 5.73 Å². The Hall–Kier alpha value is -0.450. The molecule has 4 heteroatoms. The predicted molar refractivity (Wildman–Crippen MR) is 52.7 cm³/mol. The lowest BCUT2D eigenvalue weighted by Gasteiger charge is -2.14. The fourth-order valence-electron chi connectivity index (χ4n) is 1.05. The second-order valence-electron chi connectivity index (χ2n) is 3.01. The molecule has 0 aliphatic carbocycles. The zero-order chi connectivity index (χ0) is 10.0. The number of rotatable bonds is 2. The van der Waals surface area contributed by atoms with Crippen LogP contribution in [-0.4, -0.2) is 11.1 Å². The van der Waals surface area contributed by atoms with E-state index in [2.05, 4.69) is 15.9 Å². The molecule has 0 saturated carbocycles. The molecule has 0 spiro atoms. The predicted octanol–water partition coefficient (Wildman–Crippen LogP) is 1.97. The fourth-order valence-corrected chi connectivity index (χ4v) is 1.53. The van der Waals surface area contributed by atoms with Crippen LogP contribution >= 0.6 is 15.9 Å². The van der Waals surface area contributed by atoms with Crippen LogP contribution < -0.4 is 5.73 Å². The number of hydrogen-bond acceptors (Lipinski definition) is 2. The quantitative estimate of drug-likeness (QED) is 0.840. The van der Waals surface area contributed by atoms with E-state index in [9.17, 15) is 9.50 Å². The van der Waals surface area contributed by atoms with Gasteiger partial charge in [0.25, 0.3) is 0 Å². The highest BCUT2D eigenvalue weighted by Crippen LogP contribution is 2.21. The molecule has 72 valence electrons. The molecule has 13 heavy (non-hydrogen) atoms. The van der Waals surface area contributed by atoms with Gasteiger partial charge in [-0.1, -0.05) is 15.9 Å². The molecule has 0 saturated heterocycles. The molecule has 2 unspecified atom stereocenters. The highest BCUT2D eigenvalue weighted by atomic mass is 79.9. The highest BCUT2D eigenvalue weighted by Gasteiger charge is 2.13. The molecule has 0 fully saturated rings. The van der Waals surface area contributed by atoms with Gasteiger partial charge >= 0.3 is 0 Å². The zero-order valence-electron chi connectivity index (χ0n) is 7.17. The Morgan fingerprint density at radius 1 is 1.46 bits per heavy atom. The Morgan fingerprint density at radius 3 is 2.54 bits per heavy atom. The van der Waals surface area contributed by atoms with Gasteiger partial charge in [0.1, 0.15) is 5.82 Å². The van der Waals surface area contributed by atoms with E-state index in [0.29, 0.717) is 10.0 Å². The van der Waals surface area contributed by atoms with Crippen LogP contribution in [-0.2, 0) is 0 Å². The standard InChI is InChI=1S/C9H11BrFNO/c1-5(12)9(13)6-2-7(10)4-8(11)3-6/h2-5,9,13H,12H2,1H3. The maximum absolute atomic E-state index is 12.9. The third kappa shape index (κ3) is 2.76. The summed E-state index contributed by atoms with van der Waals surface area (Å²) < 4.78 is 13.5. The molecule has 1 aromatic rings. The van der Waals surface area contributed by atoms with Crippen LogP contribution in [0.15, 0.2) is 22.7 Å². The number of nitrogens with two attached hydrogens (primary N) is 1. The molecule has 0 heterocycles. The lowest BCUT2D eigenvalue weighted by molar-refractivity contribution is 0.153. The van der Waals surface area contributed by atoms with Gasteiger partial charge in [0, 0.05) is 10.5 Å². The summed E-state index contributed by atoms with van der Waals surface area (Å²) in [5.74, 6) is -0.385. The van der Waals surface area contributed by atoms with Crippen molar-refractivity contribution in [2.75, 3.05) is 0 Å². The highest BCUT2D eigenvalue weighted by molar-refractivity contribution is 9.10. The summed E-state index contributed by atoms with van der Waals surface area (Å²) in [4.78, 5) is 0. The monoisotopic (exact) mass is 247 g/mol. The topological polar surface area (TPSA) is 46.2 Å². The van der Waals surface area contributed by atoms with Crippen molar-refractivity contribution in [2.45, 2.75) is 19.1 Å². The van der Waals surface area contributed by atoms with E-state index in [-0.39, 0.29) is 5.82 Å². The van der Waals surface area contributed by atoms with Gasteiger partial charge in [0.05, 0.1) is 6.10 Å². The minimum Gasteiger partial charge on any atom is -0.387 e. The third-order valence-corrected chi connectivity index (χ3v) is 2.18. The Labute approximate surface area is 84.7 Å². The molecule has 2 atom stereocenters. The summed E-state index contributed by atoms with van der Waals surface area (Å²) in [6.07, 6.45) is -0.827. The van der Waals surface area contributed by atoms with Crippen molar-refractivity contribution in [3.05, 3.63) is 34.1 Å². The Kier molecular flexibility index (Phi) is 3.41. The van der Waals surface area contributed by atoms with Crippen LogP contribution in [0.1, 0.15) is 18.6 Å². The van der Waals surface area contributed by atoms with E-state index in [1.807, 2.05) is 0 Å². The number of halogens is 2. The normalized spacial score (nSPS) is 15.5. The van der Waals surface area contributed by atoms with Gasteiger partial charge in [-0.05, 0) is 30.7 Å².